The Hall–Kier alpha value is -1.14. The maximum Gasteiger partial charge on any atom is 0.306 e. The first kappa shape index (κ1) is 15.9. The van der Waals surface area contributed by atoms with Crippen molar-refractivity contribution in [3.05, 3.63) is 0 Å². The van der Waals surface area contributed by atoms with Crippen LogP contribution >= 0.6 is 0 Å². The molecule has 0 aliphatic rings. The summed E-state index contributed by atoms with van der Waals surface area (Å²) in [4.78, 5) is 21.8. The predicted molar refractivity (Wildman–Crippen MR) is 59.3 cm³/mol. The summed E-state index contributed by atoms with van der Waals surface area (Å²) in [6.07, 6.45) is 0.244. The number of aliphatic hydroxyl groups excluding tert-OH is 2. The van der Waals surface area contributed by atoms with Crippen LogP contribution in [0.25, 0.3) is 0 Å². The van der Waals surface area contributed by atoms with E-state index in [2.05, 4.69) is 0 Å². The molecule has 0 bridgehead atoms. The third-order valence-corrected chi connectivity index (χ3v) is 2.85. The van der Waals surface area contributed by atoms with Gasteiger partial charge in [-0.2, -0.15) is 0 Å². The molecule has 6 heteroatoms. The van der Waals surface area contributed by atoms with Crippen LogP contribution in [-0.2, 0) is 14.3 Å². The molecule has 6 nitrogen and oxygen atoms in total. The molecule has 1 atom stereocenters. The van der Waals surface area contributed by atoms with Crippen LogP contribution < -0.4 is 0 Å². The number of aliphatic carboxylic acids is 1. The summed E-state index contributed by atoms with van der Waals surface area (Å²) < 4.78 is 4.88. The van der Waals surface area contributed by atoms with Gasteiger partial charge in [-0.05, 0) is 6.42 Å². The summed E-state index contributed by atoms with van der Waals surface area (Å²) in [7, 11) is 0. The SMILES string of the molecule is CCC(CO)(CO)COC(=O)CC(C)C(=O)O. The van der Waals surface area contributed by atoms with E-state index in [9.17, 15) is 9.59 Å². The van der Waals surface area contributed by atoms with Crippen molar-refractivity contribution < 1.29 is 29.6 Å². The van der Waals surface area contributed by atoms with Crippen molar-refractivity contribution in [1.29, 1.82) is 0 Å². The van der Waals surface area contributed by atoms with Crippen LogP contribution in [-0.4, -0.2) is 47.1 Å². The van der Waals surface area contributed by atoms with Gasteiger partial charge < -0.3 is 20.1 Å². The lowest BCUT2D eigenvalue weighted by atomic mass is 9.88. The zero-order chi connectivity index (χ0) is 13.5. The van der Waals surface area contributed by atoms with Crippen LogP contribution in [0, 0.1) is 11.3 Å². The van der Waals surface area contributed by atoms with E-state index in [-0.39, 0.29) is 26.2 Å². The van der Waals surface area contributed by atoms with Crippen LogP contribution in [0.1, 0.15) is 26.7 Å². The molecule has 0 rings (SSSR count). The number of rotatable bonds is 8. The predicted octanol–water partition coefficient (Wildman–Crippen LogP) is 0.0214. The Morgan fingerprint density at radius 1 is 1.29 bits per heavy atom. The fourth-order valence-corrected chi connectivity index (χ4v) is 1.10. The van der Waals surface area contributed by atoms with Gasteiger partial charge in [-0.3, -0.25) is 9.59 Å². The van der Waals surface area contributed by atoms with Gasteiger partial charge in [0.2, 0.25) is 0 Å². The van der Waals surface area contributed by atoms with Crippen molar-refractivity contribution in [2.24, 2.45) is 11.3 Å². The quantitative estimate of drug-likeness (QED) is 0.523. The van der Waals surface area contributed by atoms with Gasteiger partial charge in [0, 0.05) is 0 Å². The van der Waals surface area contributed by atoms with Crippen molar-refractivity contribution in [2.45, 2.75) is 26.7 Å². The largest absolute Gasteiger partial charge is 0.481 e. The number of hydrogen-bond acceptors (Lipinski definition) is 5. The lowest BCUT2D eigenvalue weighted by molar-refractivity contribution is -0.155. The minimum absolute atomic E-state index is 0.109. The molecule has 0 heterocycles. The average molecular weight is 248 g/mol. The second kappa shape index (κ2) is 7.24. The van der Waals surface area contributed by atoms with Gasteiger partial charge in [0.05, 0.1) is 31.0 Å². The normalized spacial score (nSPS) is 13.2. The molecule has 0 fully saturated rings. The lowest BCUT2D eigenvalue weighted by Gasteiger charge is -2.27. The number of carboxylic acid groups (broad SMARTS) is 1. The summed E-state index contributed by atoms with van der Waals surface area (Å²) in [5.74, 6) is -2.51. The summed E-state index contributed by atoms with van der Waals surface area (Å²) in [6.45, 7) is 2.49. The van der Waals surface area contributed by atoms with E-state index in [0.29, 0.717) is 6.42 Å². The van der Waals surface area contributed by atoms with Gasteiger partial charge >= 0.3 is 11.9 Å². The summed E-state index contributed by atoms with van der Waals surface area (Å²) in [6, 6.07) is 0. The summed E-state index contributed by atoms with van der Waals surface area (Å²) in [5.41, 5.74) is -0.845. The zero-order valence-electron chi connectivity index (χ0n) is 10.2. The third kappa shape index (κ3) is 5.14. The molecule has 0 aliphatic carbocycles. The molecule has 17 heavy (non-hydrogen) atoms. The Labute approximate surface area is 100 Å². The second-order valence-electron chi connectivity index (χ2n) is 4.27. The van der Waals surface area contributed by atoms with E-state index in [0.717, 1.165) is 0 Å². The van der Waals surface area contributed by atoms with Gasteiger partial charge in [0.1, 0.15) is 6.61 Å². The third-order valence-electron chi connectivity index (χ3n) is 2.85. The first-order valence-electron chi connectivity index (χ1n) is 5.51. The molecule has 3 N–H and O–H groups in total. The van der Waals surface area contributed by atoms with Crippen LogP contribution in [0.15, 0.2) is 0 Å². The molecular formula is C11H20O6. The Bertz CT molecular complexity index is 250. The van der Waals surface area contributed by atoms with E-state index >= 15 is 0 Å². The number of esters is 1. The molecule has 0 radical (unpaired) electrons. The Balaban J connectivity index is 4.18. The van der Waals surface area contributed by atoms with Gasteiger partial charge in [0.25, 0.3) is 0 Å². The molecule has 0 saturated heterocycles. The highest BCUT2D eigenvalue weighted by atomic mass is 16.5. The average Bonchev–Trinajstić information content (AvgIpc) is 2.31. The van der Waals surface area contributed by atoms with Crippen LogP contribution in [0.5, 0.6) is 0 Å². The topological polar surface area (TPSA) is 104 Å². The molecule has 0 aliphatic heterocycles. The molecular weight excluding hydrogens is 228 g/mol. The van der Waals surface area contributed by atoms with Crippen molar-refractivity contribution in [1.82, 2.24) is 0 Å². The minimum atomic E-state index is -1.06. The summed E-state index contributed by atoms with van der Waals surface area (Å²) >= 11 is 0. The molecule has 0 spiro atoms. The van der Waals surface area contributed by atoms with E-state index in [4.69, 9.17) is 20.1 Å². The van der Waals surface area contributed by atoms with Crippen LogP contribution in [0.3, 0.4) is 0 Å². The Morgan fingerprint density at radius 2 is 1.82 bits per heavy atom. The first-order valence-corrected chi connectivity index (χ1v) is 5.51. The number of carbonyl (C=O) groups excluding carboxylic acids is 1. The molecule has 0 aromatic heterocycles. The number of carbonyl (C=O) groups is 2. The molecule has 0 saturated carbocycles. The smallest absolute Gasteiger partial charge is 0.306 e. The fourth-order valence-electron chi connectivity index (χ4n) is 1.10. The van der Waals surface area contributed by atoms with E-state index in [1.165, 1.54) is 6.92 Å². The number of aliphatic hydroxyl groups is 2. The molecule has 0 aromatic rings. The maximum absolute atomic E-state index is 11.3. The van der Waals surface area contributed by atoms with Crippen LogP contribution in [0.4, 0.5) is 0 Å². The maximum atomic E-state index is 11.3. The molecule has 100 valence electrons. The monoisotopic (exact) mass is 248 g/mol. The molecule has 0 aromatic carbocycles. The second-order valence-corrected chi connectivity index (χ2v) is 4.27. The van der Waals surface area contributed by atoms with Crippen molar-refractivity contribution in [2.75, 3.05) is 19.8 Å². The van der Waals surface area contributed by atoms with Gasteiger partial charge in [-0.25, -0.2) is 0 Å². The molecule has 1 unspecified atom stereocenters. The van der Waals surface area contributed by atoms with Gasteiger partial charge in [-0.1, -0.05) is 13.8 Å². The number of carboxylic acids is 1. The molecule has 0 amide bonds. The summed E-state index contributed by atoms with van der Waals surface area (Å²) in [5, 5.41) is 26.8. The minimum Gasteiger partial charge on any atom is -0.481 e. The van der Waals surface area contributed by atoms with Gasteiger partial charge in [0.15, 0.2) is 0 Å². The highest BCUT2D eigenvalue weighted by molar-refractivity contribution is 5.78. The number of hydrogen-bond donors (Lipinski definition) is 3. The van der Waals surface area contributed by atoms with Crippen molar-refractivity contribution in [3.8, 4) is 0 Å². The van der Waals surface area contributed by atoms with Gasteiger partial charge in [-0.15, -0.1) is 0 Å². The highest BCUT2D eigenvalue weighted by Crippen LogP contribution is 2.21. The van der Waals surface area contributed by atoms with E-state index in [1.54, 1.807) is 6.92 Å². The standard InChI is InChI=1S/C11H20O6/c1-3-11(5-12,6-13)7-17-9(14)4-8(2)10(15)16/h8,12-13H,3-7H2,1-2H3,(H,15,16). The van der Waals surface area contributed by atoms with Crippen molar-refractivity contribution >= 4 is 11.9 Å². The van der Waals surface area contributed by atoms with Crippen LogP contribution in [0.2, 0.25) is 0 Å². The lowest BCUT2D eigenvalue weighted by Crippen LogP contribution is -2.35. The number of ether oxygens (including phenoxy) is 1. The Morgan fingerprint density at radius 3 is 2.18 bits per heavy atom. The van der Waals surface area contributed by atoms with Crippen molar-refractivity contribution in [3.63, 3.8) is 0 Å². The van der Waals surface area contributed by atoms with E-state index in [1.807, 2.05) is 0 Å². The van der Waals surface area contributed by atoms with E-state index < -0.39 is 23.3 Å². The zero-order valence-corrected chi connectivity index (χ0v) is 10.2. The fraction of sp³-hybridized carbons (Fsp3) is 0.818. The first-order chi connectivity index (χ1) is 7.90. The Kier molecular flexibility index (Phi) is 6.75. The highest BCUT2D eigenvalue weighted by Gasteiger charge is 2.29.